The molecule has 3 saturated heterocycles. The lowest BCUT2D eigenvalue weighted by Crippen LogP contribution is -2.66. The quantitative estimate of drug-likeness (QED) is 0.0199. The summed E-state index contributed by atoms with van der Waals surface area (Å²) in [5.74, 6) is -0.314. The van der Waals surface area contributed by atoms with Crippen LogP contribution in [-0.2, 0) is 33.2 Å². The molecule has 0 saturated carbocycles. The fraction of sp³-hybridized carbons (Fsp3) is 0.704. The van der Waals surface area contributed by atoms with Gasteiger partial charge in [0.1, 0.15) is 73.2 Å². The number of aliphatic hydroxyl groups is 11. The summed E-state index contributed by atoms with van der Waals surface area (Å²) in [5.41, 5.74) is 0. The van der Waals surface area contributed by atoms with E-state index in [9.17, 15) is 61.0 Å². The second-order valence-corrected chi connectivity index (χ2v) is 31.7. The topological polar surface area (TPSA) is 307 Å². The van der Waals surface area contributed by atoms with Gasteiger partial charge in [-0.2, -0.15) is 0 Å². The van der Waals surface area contributed by atoms with Crippen LogP contribution in [0, 0.1) is 0 Å². The highest BCUT2D eigenvalue weighted by Crippen LogP contribution is 2.33. The molecule has 0 bridgehead atoms. The average Bonchev–Trinajstić information content (AvgIpc) is 0.778. The molecule has 3 rings (SSSR count). The molecule has 19 nitrogen and oxygen atoms in total. The Morgan fingerprint density at radius 2 is 0.598 bits per heavy atom. The van der Waals surface area contributed by atoms with Crippen molar-refractivity contribution in [2.45, 2.75) is 413 Å². The fourth-order valence-corrected chi connectivity index (χ4v) is 14.3. The van der Waals surface area contributed by atoms with E-state index >= 15 is 0 Å². The van der Waals surface area contributed by atoms with Crippen LogP contribution in [-0.4, -0.2) is 193 Å². The molecular formula is C98H163NO18. The van der Waals surface area contributed by atoms with Crippen molar-refractivity contribution in [3.05, 3.63) is 170 Å². The molecule has 0 spiro atoms. The number of amides is 1. The minimum absolute atomic E-state index is 0.195. The lowest BCUT2D eigenvalue weighted by atomic mass is 9.96. The molecule has 0 radical (unpaired) electrons. The Morgan fingerprint density at radius 1 is 0.316 bits per heavy atom. The minimum Gasteiger partial charge on any atom is -0.394 e. The zero-order valence-electron chi connectivity index (χ0n) is 72.1. The molecule has 3 fully saturated rings. The van der Waals surface area contributed by atoms with Crippen LogP contribution in [0.4, 0.5) is 0 Å². The van der Waals surface area contributed by atoms with E-state index in [1.54, 1.807) is 6.08 Å². The van der Waals surface area contributed by atoms with Crippen LogP contribution in [0.15, 0.2) is 170 Å². The van der Waals surface area contributed by atoms with Gasteiger partial charge in [0, 0.05) is 6.42 Å². The van der Waals surface area contributed by atoms with E-state index in [0.717, 1.165) is 122 Å². The maximum Gasteiger partial charge on any atom is 0.220 e. The van der Waals surface area contributed by atoms with Crippen molar-refractivity contribution >= 4 is 5.91 Å². The monoisotopic (exact) mass is 1640 g/mol. The molecule has 0 aromatic heterocycles. The van der Waals surface area contributed by atoms with Crippen LogP contribution in [0.2, 0.25) is 0 Å². The molecule has 19 heteroatoms. The lowest BCUT2D eigenvalue weighted by molar-refractivity contribution is -0.379. The summed E-state index contributed by atoms with van der Waals surface area (Å²) in [4.78, 5) is 13.5. The number of allylic oxidation sites excluding steroid dienone is 27. The maximum absolute atomic E-state index is 13.5. The summed E-state index contributed by atoms with van der Waals surface area (Å²) in [6, 6.07) is -1.02. The van der Waals surface area contributed by atoms with Gasteiger partial charge in [-0.3, -0.25) is 4.79 Å². The van der Waals surface area contributed by atoms with Crippen molar-refractivity contribution in [3.63, 3.8) is 0 Å². The Labute approximate surface area is 707 Å². The van der Waals surface area contributed by atoms with Gasteiger partial charge in [0.25, 0.3) is 0 Å². The van der Waals surface area contributed by atoms with Gasteiger partial charge in [-0.05, 0) is 122 Å². The van der Waals surface area contributed by atoms with Crippen LogP contribution < -0.4 is 5.32 Å². The second-order valence-electron chi connectivity index (χ2n) is 31.7. The standard InChI is InChI=1S/C98H163NO18/c1-3-5-7-9-11-13-15-17-19-21-23-25-27-29-31-33-35-36-37-38-39-40-41-42-43-44-46-48-50-52-54-56-58-60-62-64-66-68-70-72-74-76-86(104)99-81(82(103)75-73-71-69-67-65-63-61-59-57-55-53-51-49-47-45-34-32-30-28-26-24-22-20-18-16-14-12-10-8-6-4-2)80-112-96-92(110)89(107)94(84(78-101)114-96)117-98-93(111)90(108)95(85(79-102)115-98)116-97-91(109)88(106)87(105)83(77-100)113-97/h5,7,11,13,17,19,23,25,29,31,35-36,38-39,41-42,44,46,50,52,56,58,62,64-65,67,73,75,81-85,87-98,100-103,105-111H,3-4,6,8-10,12,14-16,18,20-22,24,26-28,30,32-34,37,40,43,45,47-49,51,53-55,57,59-61,63,66,68-72,74,76-80H2,1-2H3,(H,99,104)/b7-5-,13-11-,19-17-,25-23-,31-29-,36-35-,39-38-,42-41-,46-44-,52-50-,58-56-,64-62-,67-65+,75-73+. The van der Waals surface area contributed by atoms with Gasteiger partial charge in [-0.1, -0.05) is 351 Å². The zero-order chi connectivity index (χ0) is 84.5. The first-order valence-corrected chi connectivity index (χ1v) is 45.9. The Bertz CT molecular complexity index is 2780. The molecule has 12 N–H and O–H groups in total. The number of aliphatic hydroxyl groups excluding tert-OH is 11. The molecule has 17 atom stereocenters. The number of hydrogen-bond acceptors (Lipinski definition) is 18. The van der Waals surface area contributed by atoms with Crippen LogP contribution in [0.3, 0.4) is 0 Å². The molecule has 3 heterocycles. The number of unbranched alkanes of at least 4 members (excludes halogenated alkanes) is 30. The highest BCUT2D eigenvalue weighted by Gasteiger charge is 2.54. The summed E-state index contributed by atoms with van der Waals surface area (Å²) < 4.78 is 34.5. The molecule has 3 aliphatic heterocycles. The first-order valence-electron chi connectivity index (χ1n) is 45.9. The van der Waals surface area contributed by atoms with E-state index in [2.05, 4.69) is 177 Å². The Hall–Kier alpha value is -4.85. The third-order valence-corrected chi connectivity index (χ3v) is 21.5. The molecule has 17 unspecified atom stereocenters. The lowest BCUT2D eigenvalue weighted by Gasteiger charge is -2.48. The number of carbonyl (C=O) groups is 1. The van der Waals surface area contributed by atoms with E-state index in [1.807, 2.05) is 6.08 Å². The van der Waals surface area contributed by atoms with Gasteiger partial charge in [0.2, 0.25) is 5.91 Å². The largest absolute Gasteiger partial charge is 0.394 e. The maximum atomic E-state index is 13.5. The molecule has 668 valence electrons. The van der Waals surface area contributed by atoms with E-state index in [0.29, 0.717) is 12.8 Å². The Morgan fingerprint density at radius 3 is 0.957 bits per heavy atom. The van der Waals surface area contributed by atoms with Crippen molar-refractivity contribution in [3.8, 4) is 0 Å². The smallest absolute Gasteiger partial charge is 0.220 e. The predicted molar refractivity (Wildman–Crippen MR) is 475 cm³/mol. The first-order chi connectivity index (χ1) is 57.3. The fourth-order valence-electron chi connectivity index (χ4n) is 14.3. The van der Waals surface area contributed by atoms with E-state index in [-0.39, 0.29) is 18.9 Å². The summed E-state index contributed by atoms with van der Waals surface area (Å²) in [7, 11) is 0. The van der Waals surface area contributed by atoms with Crippen molar-refractivity contribution in [1.29, 1.82) is 0 Å². The van der Waals surface area contributed by atoms with Crippen LogP contribution in [0.1, 0.15) is 309 Å². The summed E-state index contributed by atoms with van der Waals surface area (Å²) >= 11 is 0. The third-order valence-electron chi connectivity index (χ3n) is 21.5. The molecule has 0 aliphatic carbocycles. The third kappa shape index (κ3) is 52.9. The average molecular weight is 1640 g/mol. The van der Waals surface area contributed by atoms with Crippen molar-refractivity contribution in [2.24, 2.45) is 0 Å². The SMILES string of the molecule is CC/C=C\C/C=C\C/C=C\C/C=C\C/C=C\C/C=C\C/C=C\C/C=C\C/C=C\C/C=C\C/C=C\C/C=C\CCCCCCC(=O)NC(COC1OC(CO)C(OC2OC(CO)C(OC3OC(CO)C(O)C(O)C3O)C(O)C2O)C(O)C1O)C(O)/C=C/CC/C=C/CCCCCCCCCCCCCCCCCCCCCCCCCCC. The molecular weight excluding hydrogens is 1480 g/mol. The first kappa shape index (κ1) is 106. The number of nitrogens with one attached hydrogen (secondary N) is 1. The van der Waals surface area contributed by atoms with E-state index in [1.165, 1.54) is 154 Å². The number of ether oxygens (including phenoxy) is 6. The summed E-state index contributed by atoms with van der Waals surface area (Å²) in [5, 5.41) is 121. The van der Waals surface area contributed by atoms with Gasteiger partial charge in [-0.25, -0.2) is 0 Å². The van der Waals surface area contributed by atoms with Gasteiger partial charge in [0.15, 0.2) is 18.9 Å². The zero-order valence-corrected chi connectivity index (χ0v) is 72.1. The second kappa shape index (κ2) is 74.9. The van der Waals surface area contributed by atoms with E-state index < -0.39 is 124 Å². The number of rotatable bonds is 72. The predicted octanol–water partition coefficient (Wildman–Crippen LogP) is 18.1. The van der Waals surface area contributed by atoms with Crippen LogP contribution >= 0.6 is 0 Å². The van der Waals surface area contributed by atoms with Crippen molar-refractivity contribution < 1.29 is 89.4 Å². The normalized spacial score (nSPS) is 25.2. The highest BCUT2D eigenvalue weighted by atomic mass is 16.8. The van der Waals surface area contributed by atoms with Gasteiger partial charge in [-0.15, -0.1) is 0 Å². The highest BCUT2D eigenvalue weighted by molar-refractivity contribution is 5.76. The molecule has 117 heavy (non-hydrogen) atoms. The van der Waals surface area contributed by atoms with E-state index in [4.69, 9.17) is 28.4 Å². The summed E-state index contributed by atoms with van der Waals surface area (Å²) in [6.07, 6.45) is 86.4. The molecule has 3 aliphatic rings. The number of carbonyl (C=O) groups excluding carboxylic acids is 1. The molecule has 0 aromatic rings. The van der Waals surface area contributed by atoms with Crippen LogP contribution in [0.5, 0.6) is 0 Å². The summed E-state index contributed by atoms with van der Waals surface area (Å²) in [6.45, 7) is 1.60. The minimum atomic E-state index is -1.99. The number of hydrogen-bond donors (Lipinski definition) is 12. The van der Waals surface area contributed by atoms with Gasteiger partial charge >= 0.3 is 0 Å². The van der Waals surface area contributed by atoms with Crippen molar-refractivity contribution in [1.82, 2.24) is 5.32 Å². The van der Waals surface area contributed by atoms with Gasteiger partial charge < -0.3 is 89.9 Å². The Kier molecular flexibility index (Phi) is 68.1. The molecule has 1 amide bonds. The van der Waals surface area contributed by atoms with Crippen LogP contribution in [0.25, 0.3) is 0 Å². The van der Waals surface area contributed by atoms with Crippen molar-refractivity contribution in [2.75, 3.05) is 26.4 Å². The Balaban J connectivity index is 1.36. The van der Waals surface area contributed by atoms with Gasteiger partial charge in [0.05, 0.1) is 38.6 Å². The molecule has 0 aromatic carbocycles.